The molecule has 0 atom stereocenters. The van der Waals surface area contributed by atoms with E-state index in [1.165, 1.54) is 33.9 Å². The highest BCUT2D eigenvalue weighted by molar-refractivity contribution is 7.92. The lowest BCUT2D eigenvalue weighted by Crippen LogP contribution is -2.50. The van der Waals surface area contributed by atoms with Gasteiger partial charge in [-0.05, 0) is 62.1 Å². The van der Waals surface area contributed by atoms with Crippen molar-refractivity contribution in [2.75, 3.05) is 17.8 Å². The first kappa shape index (κ1) is 25.3. The number of anilines is 1. The van der Waals surface area contributed by atoms with Crippen LogP contribution in [0.4, 0.5) is 5.69 Å². The van der Waals surface area contributed by atoms with Crippen LogP contribution in [0.15, 0.2) is 76.8 Å². The van der Waals surface area contributed by atoms with Gasteiger partial charge in [-0.25, -0.2) is 18.1 Å². The van der Waals surface area contributed by atoms with Gasteiger partial charge in [0.15, 0.2) is 5.65 Å². The summed E-state index contributed by atoms with van der Waals surface area (Å²) in [6, 6.07) is 14.7. The summed E-state index contributed by atoms with van der Waals surface area (Å²) >= 11 is 0. The smallest absolute Gasteiger partial charge is 0.264 e. The number of nitrogens with zero attached hydrogens (tertiary/aromatic N) is 5. The Labute approximate surface area is 224 Å². The molecule has 0 bridgehead atoms. The molecule has 11 nitrogen and oxygen atoms in total. The summed E-state index contributed by atoms with van der Waals surface area (Å²) in [6.07, 6.45) is 5.54. The normalized spacial score (nSPS) is 17.3. The minimum absolute atomic E-state index is 0.0850. The summed E-state index contributed by atoms with van der Waals surface area (Å²) in [4.78, 5) is 32.0. The van der Waals surface area contributed by atoms with Gasteiger partial charge in [0.2, 0.25) is 5.91 Å². The van der Waals surface area contributed by atoms with Gasteiger partial charge >= 0.3 is 0 Å². The molecule has 0 spiro atoms. The molecule has 1 saturated heterocycles. The lowest BCUT2D eigenvalue weighted by molar-refractivity contribution is -0.137. The summed E-state index contributed by atoms with van der Waals surface area (Å²) in [6.45, 7) is 1.04. The van der Waals surface area contributed by atoms with Gasteiger partial charge in [0.05, 0.1) is 28.9 Å². The van der Waals surface area contributed by atoms with Crippen LogP contribution in [0.1, 0.15) is 25.7 Å². The van der Waals surface area contributed by atoms with Crippen molar-refractivity contribution in [2.24, 2.45) is 5.92 Å². The molecule has 12 heteroatoms. The van der Waals surface area contributed by atoms with E-state index in [9.17, 15) is 23.1 Å². The van der Waals surface area contributed by atoms with Gasteiger partial charge in [-0.3, -0.25) is 18.9 Å². The third-order valence-electron chi connectivity index (χ3n) is 7.37. The standard InChI is InChI=1S/C27H28N6O5S/c34-25(19-6-7-19)31-14-12-27(36,13-15-31)17-32-18-28-24-23(26(32)35)16-29-33(24)21-10-8-20(9-11-21)30-39(37,38)22-4-2-1-3-5-22/h1-5,8-11,16,18-19,30,36H,6-7,12-15,17H2. The van der Waals surface area contributed by atoms with Gasteiger partial charge in [0.1, 0.15) is 11.7 Å². The number of fused-ring (bicyclic) bond motifs is 1. The van der Waals surface area contributed by atoms with E-state index in [2.05, 4.69) is 14.8 Å². The molecular weight excluding hydrogens is 520 g/mol. The number of hydrogen-bond donors (Lipinski definition) is 2. The van der Waals surface area contributed by atoms with E-state index < -0.39 is 15.6 Å². The predicted molar refractivity (Wildman–Crippen MR) is 144 cm³/mol. The van der Waals surface area contributed by atoms with Gasteiger partial charge in [-0.2, -0.15) is 5.10 Å². The molecule has 1 amide bonds. The van der Waals surface area contributed by atoms with E-state index in [-0.39, 0.29) is 28.8 Å². The summed E-state index contributed by atoms with van der Waals surface area (Å²) in [7, 11) is -3.72. The fourth-order valence-electron chi connectivity index (χ4n) is 4.94. The minimum atomic E-state index is -3.72. The third kappa shape index (κ3) is 5.04. The number of piperidine rings is 1. The Kier molecular flexibility index (Phi) is 6.23. The van der Waals surface area contributed by atoms with E-state index in [0.717, 1.165) is 12.8 Å². The summed E-state index contributed by atoms with van der Waals surface area (Å²) in [5, 5.41) is 15.8. The van der Waals surface area contributed by atoms with Gasteiger partial charge in [0, 0.05) is 24.7 Å². The van der Waals surface area contributed by atoms with Crippen LogP contribution in [0.3, 0.4) is 0 Å². The second-order valence-electron chi connectivity index (χ2n) is 10.3. The fourth-order valence-corrected chi connectivity index (χ4v) is 6.02. The maximum Gasteiger partial charge on any atom is 0.264 e. The van der Waals surface area contributed by atoms with Crippen LogP contribution in [0.5, 0.6) is 0 Å². The largest absolute Gasteiger partial charge is 0.388 e. The molecule has 1 aliphatic heterocycles. The molecule has 2 N–H and O–H groups in total. The molecule has 6 rings (SSSR count). The van der Waals surface area contributed by atoms with E-state index in [1.54, 1.807) is 42.5 Å². The maximum atomic E-state index is 13.2. The molecule has 39 heavy (non-hydrogen) atoms. The molecule has 2 aliphatic rings. The summed E-state index contributed by atoms with van der Waals surface area (Å²) in [5.41, 5.74) is -0.0800. The van der Waals surface area contributed by atoms with Crippen LogP contribution in [0.2, 0.25) is 0 Å². The number of aromatic nitrogens is 4. The first-order chi connectivity index (χ1) is 18.7. The highest BCUT2D eigenvalue weighted by Crippen LogP contribution is 2.33. The average Bonchev–Trinajstić information content (AvgIpc) is 3.70. The third-order valence-corrected chi connectivity index (χ3v) is 8.77. The van der Waals surface area contributed by atoms with Crippen molar-refractivity contribution < 1.29 is 18.3 Å². The molecule has 2 aromatic carbocycles. The Morgan fingerprint density at radius 1 is 1.05 bits per heavy atom. The number of rotatable bonds is 7. The van der Waals surface area contributed by atoms with Crippen molar-refractivity contribution in [2.45, 2.75) is 42.7 Å². The minimum Gasteiger partial charge on any atom is -0.388 e. The van der Waals surface area contributed by atoms with E-state index >= 15 is 0 Å². The number of carbonyl (C=O) groups excluding carboxylic acids is 1. The maximum absolute atomic E-state index is 13.2. The second-order valence-corrected chi connectivity index (χ2v) is 11.9. The molecule has 2 fully saturated rings. The molecule has 4 aromatic rings. The number of benzene rings is 2. The first-order valence-electron chi connectivity index (χ1n) is 12.9. The SMILES string of the molecule is O=C(C1CC1)N1CCC(O)(Cn2cnc3c(cnn3-c3ccc(NS(=O)(=O)c4ccccc4)cc3)c2=O)CC1. The van der Waals surface area contributed by atoms with Crippen LogP contribution in [-0.2, 0) is 21.4 Å². The van der Waals surface area contributed by atoms with Gasteiger partial charge in [0.25, 0.3) is 15.6 Å². The Hall–Kier alpha value is -4.03. The topological polar surface area (TPSA) is 139 Å². The fraction of sp³-hybridized carbons (Fsp3) is 0.333. The Balaban J connectivity index is 1.18. The number of amides is 1. The van der Waals surface area contributed by atoms with Crippen LogP contribution in [-0.4, -0.2) is 62.4 Å². The number of carbonyl (C=O) groups is 1. The van der Waals surface area contributed by atoms with Crippen molar-refractivity contribution in [1.82, 2.24) is 24.2 Å². The summed E-state index contributed by atoms with van der Waals surface area (Å²) < 4.78 is 30.6. The van der Waals surface area contributed by atoms with E-state index in [0.29, 0.717) is 48.3 Å². The molecule has 3 heterocycles. The van der Waals surface area contributed by atoms with Crippen molar-refractivity contribution in [3.63, 3.8) is 0 Å². The van der Waals surface area contributed by atoms with Crippen molar-refractivity contribution >= 4 is 32.7 Å². The average molecular weight is 549 g/mol. The Morgan fingerprint density at radius 3 is 2.41 bits per heavy atom. The van der Waals surface area contributed by atoms with Crippen molar-refractivity contribution in [1.29, 1.82) is 0 Å². The lowest BCUT2D eigenvalue weighted by Gasteiger charge is -2.38. The molecule has 2 aromatic heterocycles. The summed E-state index contributed by atoms with van der Waals surface area (Å²) in [5.74, 6) is 0.322. The zero-order chi connectivity index (χ0) is 27.2. The number of aliphatic hydroxyl groups is 1. The van der Waals surface area contributed by atoms with Crippen molar-refractivity contribution in [3.8, 4) is 5.69 Å². The molecule has 202 valence electrons. The molecule has 1 aliphatic carbocycles. The molecule has 1 saturated carbocycles. The number of likely N-dealkylation sites (tertiary alicyclic amines) is 1. The monoisotopic (exact) mass is 548 g/mol. The molecule has 0 radical (unpaired) electrons. The van der Waals surface area contributed by atoms with Gasteiger partial charge < -0.3 is 10.0 Å². The van der Waals surface area contributed by atoms with Gasteiger partial charge in [-0.15, -0.1) is 0 Å². The lowest BCUT2D eigenvalue weighted by atomic mass is 9.91. The van der Waals surface area contributed by atoms with E-state index in [1.807, 2.05) is 4.90 Å². The first-order valence-corrected chi connectivity index (χ1v) is 14.3. The van der Waals surface area contributed by atoms with Crippen LogP contribution in [0.25, 0.3) is 16.7 Å². The zero-order valence-electron chi connectivity index (χ0n) is 21.1. The Morgan fingerprint density at radius 2 is 1.74 bits per heavy atom. The highest BCUT2D eigenvalue weighted by atomic mass is 32.2. The van der Waals surface area contributed by atoms with Crippen LogP contribution in [0, 0.1) is 5.92 Å². The van der Waals surface area contributed by atoms with Gasteiger partial charge in [-0.1, -0.05) is 18.2 Å². The highest BCUT2D eigenvalue weighted by Gasteiger charge is 2.39. The zero-order valence-corrected chi connectivity index (χ0v) is 21.9. The second kappa shape index (κ2) is 9.62. The molecule has 0 unspecified atom stereocenters. The van der Waals surface area contributed by atoms with Crippen molar-refractivity contribution in [3.05, 3.63) is 77.5 Å². The number of hydrogen-bond acceptors (Lipinski definition) is 7. The number of nitrogens with one attached hydrogen (secondary N) is 1. The predicted octanol–water partition coefficient (Wildman–Crippen LogP) is 2.15. The van der Waals surface area contributed by atoms with Crippen LogP contribution < -0.4 is 10.3 Å². The quantitative estimate of drug-likeness (QED) is 0.361. The Bertz CT molecular complexity index is 1690. The molecular formula is C27H28N6O5S. The van der Waals surface area contributed by atoms with Crippen LogP contribution >= 0.6 is 0 Å². The number of sulfonamides is 1. The van der Waals surface area contributed by atoms with E-state index in [4.69, 9.17) is 0 Å².